The number of rotatable bonds is 7. The fourth-order valence-corrected chi connectivity index (χ4v) is 2.51. The minimum atomic E-state index is -0.791. The van der Waals surface area contributed by atoms with Gasteiger partial charge in [-0.1, -0.05) is 29.3 Å². The fraction of sp³-hybridized carbons (Fsp3) is 0.111. The SMILES string of the molecule is COc1ccc(NC(=O)COC(=O)/C=C/c2ccc(Cl)c([N+](=O)[O-])c2)cc1Cl. The predicted octanol–water partition coefficient (Wildman–Crippen LogP) is 4.11. The summed E-state index contributed by atoms with van der Waals surface area (Å²) >= 11 is 11.7. The van der Waals surface area contributed by atoms with Gasteiger partial charge in [0.2, 0.25) is 0 Å². The Morgan fingerprint density at radius 2 is 1.93 bits per heavy atom. The lowest BCUT2D eigenvalue weighted by Crippen LogP contribution is -2.20. The highest BCUT2D eigenvalue weighted by molar-refractivity contribution is 6.32. The van der Waals surface area contributed by atoms with Crippen LogP contribution in [0.2, 0.25) is 10.0 Å². The first kappa shape index (κ1) is 21.2. The topological polar surface area (TPSA) is 108 Å². The summed E-state index contributed by atoms with van der Waals surface area (Å²) in [6.45, 7) is -0.520. The Kier molecular flexibility index (Phi) is 7.36. The van der Waals surface area contributed by atoms with Crippen molar-refractivity contribution in [1.82, 2.24) is 0 Å². The number of hydrogen-bond acceptors (Lipinski definition) is 6. The van der Waals surface area contributed by atoms with Crippen LogP contribution in [0, 0.1) is 10.1 Å². The molecule has 0 aromatic heterocycles. The van der Waals surface area contributed by atoms with Crippen LogP contribution in [0.1, 0.15) is 5.56 Å². The van der Waals surface area contributed by atoms with E-state index in [1.54, 1.807) is 12.1 Å². The van der Waals surface area contributed by atoms with E-state index < -0.39 is 23.4 Å². The van der Waals surface area contributed by atoms with Crippen molar-refractivity contribution in [3.05, 3.63) is 68.2 Å². The predicted molar refractivity (Wildman–Crippen MR) is 105 cm³/mol. The first-order valence-corrected chi connectivity index (χ1v) is 8.48. The smallest absolute Gasteiger partial charge is 0.331 e. The molecule has 2 rings (SSSR count). The van der Waals surface area contributed by atoms with E-state index >= 15 is 0 Å². The van der Waals surface area contributed by atoms with Crippen molar-refractivity contribution in [3.63, 3.8) is 0 Å². The number of carbonyl (C=O) groups excluding carboxylic acids is 2. The van der Waals surface area contributed by atoms with Gasteiger partial charge in [-0.2, -0.15) is 0 Å². The largest absolute Gasteiger partial charge is 0.495 e. The average molecular weight is 425 g/mol. The van der Waals surface area contributed by atoms with Crippen LogP contribution < -0.4 is 10.1 Å². The zero-order chi connectivity index (χ0) is 20.7. The van der Waals surface area contributed by atoms with Gasteiger partial charge in [0.1, 0.15) is 10.8 Å². The first-order chi connectivity index (χ1) is 13.3. The number of anilines is 1. The van der Waals surface area contributed by atoms with Crippen LogP contribution in [0.4, 0.5) is 11.4 Å². The van der Waals surface area contributed by atoms with Crippen molar-refractivity contribution in [2.45, 2.75) is 0 Å². The van der Waals surface area contributed by atoms with Crippen molar-refractivity contribution in [3.8, 4) is 5.75 Å². The summed E-state index contributed by atoms with van der Waals surface area (Å²) in [7, 11) is 1.47. The molecule has 10 heteroatoms. The highest BCUT2D eigenvalue weighted by atomic mass is 35.5. The highest BCUT2D eigenvalue weighted by Gasteiger charge is 2.12. The molecule has 1 amide bonds. The minimum Gasteiger partial charge on any atom is -0.495 e. The summed E-state index contributed by atoms with van der Waals surface area (Å²) in [6, 6.07) is 8.72. The highest BCUT2D eigenvalue weighted by Crippen LogP contribution is 2.27. The summed E-state index contributed by atoms with van der Waals surface area (Å²) in [5, 5.41) is 13.7. The summed E-state index contributed by atoms with van der Waals surface area (Å²) in [5.74, 6) is -0.899. The van der Waals surface area contributed by atoms with Crippen molar-refractivity contribution in [1.29, 1.82) is 0 Å². The molecule has 0 unspecified atom stereocenters. The second-order valence-electron chi connectivity index (χ2n) is 5.31. The average Bonchev–Trinajstić information content (AvgIpc) is 2.65. The van der Waals surface area contributed by atoms with Gasteiger partial charge in [-0.15, -0.1) is 0 Å². The number of nitrogens with one attached hydrogen (secondary N) is 1. The van der Waals surface area contributed by atoms with Gasteiger partial charge in [0.15, 0.2) is 6.61 Å². The maximum absolute atomic E-state index is 11.8. The summed E-state index contributed by atoms with van der Waals surface area (Å²) < 4.78 is 9.83. The van der Waals surface area contributed by atoms with Crippen LogP contribution in [0.5, 0.6) is 5.75 Å². The fourth-order valence-electron chi connectivity index (χ4n) is 2.06. The van der Waals surface area contributed by atoms with Gasteiger partial charge < -0.3 is 14.8 Å². The Labute approximate surface area is 169 Å². The minimum absolute atomic E-state index is 0.0139. The Bertz CT molecular complexity index is 946. The molecular formula is C18H14Cl2N2O6. The molecule has 0 bridgehead atoms. The molecule has 1 N–H and O–H groups in total. The van der Waals surface area contributed by atoms with Gasteiger partial charge >= 0.3 is 5.97 Å². The third-order valence-corrected chi connectivity index (χ3v) is 3.97. The number of nitro benzene ring substituents is 1. The zero-order valence-corrected chi connectivity index (χ0v) is 16.0. The van der Waals surface area contributed by atoms with E-state index in [0.717, 1.165) is 6.08 Å². The number of methoxy groups -OCH3 is 1. The van der Waals surface area contributed by atoms with Crippen molar-refractivity contribution in [2.75, 3.05) is 19.0 Å². The van der Waals surface area contributed by atoms with Gasteiger partial charge in [-0.3, -0.25) is 14.9 Å². The van der Waals surface area contributed by atoms with Gasteiger partial charge in [0, 0.05) is 17.8 Å². The lowest BCUT2D eigenvalue weighted by molar-refractivity contribution is -0.384. The van der Waals surface area contributed by atoms with E-state index in [0.29, 0.717) is 22.0 Å². The lowest BCUT2D eigenvalue weighted by atomic mass is 10.2. The molecule has 0 radical (unpaired) electrons. The normalized spacial score (nSPS) is 10.5. The summed E-state index contributed by atoms with van der Waals surface area (Å²) in [5.41, 5.74) is 0.510. The van der Waals surface area contributed by atoms with Crippen LogP contribution in [0.25, 0.3) is 6.08 Å². The molecule has 0 aliphatic heterocycles. The number of halogens is 2. The molecule has 0 saturated heterocycles. The molecule has 146 valence electrons. The summed E-state index contributed by atoms with van der Waals surface area (Å²) in [4.78, 5) is 33.8. The molecule has 28 heavy (non-hydrogen) atoms. The van der Waals surface area contributed by atoms with Gasteiger partial charge in [-0.05, 0) is 35.9 Å². The Balaban J connectivity index is 1.89. The third kappa shape index (κ3) is 5.97. The maximum atomic E-state index is 11.8. The van der Waals surface area contributed by atoms with Gasteiger partial charge in [0.25, 0.3) is 11.6 Å². The van der Waals surface area contributed by atoms with E-state index in [2.05, 4.69) is 5.32 Å². The molecule has 0 heterocycles. The van der Waals surface area contributed by atoms with Crippen LogP contribution >= 0.6 is 23.2 Å². The Hall–Kier alpha value is -3.10. The zero-order valence-electron chi connectivity index (χ0n) is 14.5. The molecule has 8 nitrogen and oxygen atoms in total. The van der Waals surface area contributed by atoms with Gasteiger partial charge in [-0.25, -0.2) is 4.79 Å². The van der Waals surface area contributed by atoms with Crippen molar-refractivity contribution in [2.24, 2.45) is 0 Å². The van der Waals surface area contributed by atoms with Crippen molar-refractivity contribution >= 4 is 52.5 Å². The standard InChI is InChI=1S/C18H14Cl2N2O6/c1-27-16-6-4-12(9-14(16)20)21-17(23)10-28-18(24)7-3-11-2-5-13(19)15(8-11)22(25)26/h2-9H,10H2,1H3,(H,21,23)/b7-3+. The van der Waals surface area contributed by atoms with E-state index in [1.165, 1.54) is 37.5 Å². The van der Waals surface area contributed by atoms with Crippen molar-refractivity contribution < 1.29 is 24.0 Å². The number of benzene rings is 2. The van der Waals surface area contributed by atoms with E-state index in [9.17, 15) is 19.7 Å². The number of nitro groups is 1. The van der Waals surface area contributed by atoms with Crippen LogP contribution in [-0.4, -0.2) is 30.5 Å². The molecule has 0 spiro atoms. The second kappa shape index (κ2) is 9.72. The van der Waals surface area contributed by atoms with E-state index in [-0.39, 0.29) is 10.7 Å². The monoisotopic (exact) mass is 424 g/mol. The number of amides is 1. The van der Waals surface area contributed by atoms with Crippen LogP contribution in [0.15, 0.2) is 42.5 Å². The molecule has 0 aliphatic carbocycles. The Morgan fingerprint density at radius 1 is 1.18 bits per heavy atom. The second-order valence-corrected chi connectivity index (χ2v) is 6.12. The Morgan fingerprint density at radius 3 is 2.57 bits per heavy atom. The molecule has 0 fully saturated rings. The maximum Gasteiger partial charge on any atom is 0.331 e. The number of esters is 1. The molecular weight excluding hydrogens is 411 g/mol. The van der Waals surface area contributed by atoms with Crippen LogP contribution in [0.3, 0.4) is 0 Å². The molecule has 2 aromatic rings. The van der Waals surface area contributed by atoms with Gasteiger partial charge in [0.05, 0.1) is 17.1 Å². The lowest BCUT2D eigenvalue weighted by Gasteiger charge is -2.08. The molecule has 0 aliphatic rings. The number of nitrogens with zero attached hydrogens (tertiary/aromatic N) is 1. The molecule has 0 saturated carbocycles. The van der Waals surface area contributed by atoms with E-state index in [4.69, 9.17) is 32.7 Å². The number of hydrogen-bond donors (Lipinski definition) is 1. The van der Waals surface area contributed by atoms with E-state index in [1.807, 2.05) is 0 Å². The quantitative estimate of drug-likeness (QED) is 0.310. The molecule has 0 atom stereocenters. The third-order valence-electron chi connectivity index (χ3n) is 3.36. The first-order valence-electron chi connectivity index (χ1n) is 7.72. The molecule has 2 aromatic carbocycles. The number of carbonyl (C=O) groups is 2. The van der Waals surface area contributed by atoms with Crippen LogP contribution in [-0.2, 0) is 14.3 Å². The summed E-state index contributed by atoms with van der Waals surface area (Å²) in [6.07, 6.45) is 2.36. The number of ether oxygens (including phenoxy) is 2.